The van der Waals surface area contributed by atoms with Gasteiger partial charge in [-0.2, -0.15) is 0 Å². The molecule has 0 saturated carbocycles. The summed E-state index contributed by atoms with van der Waals surface area (Å²) >= 11 is 0. The summed E-state index contributed by atoms with van der Waals surface area (Å²) in [6.07, 6.45) is 7.84. The molecule has 0 fully saturated rings. The van der Waals surface area contributed by atoms with Crippen LogP contribution in [0.15, 0.2) is 55.0 Å². The van der Waals surface area contributed by atoms with Gasteiger partial charge in [-0.05, 0) is 31.0 Å². The number of hydrogen-bond donors (Lipinski definition) is 0. The van der Waals surface area contributed by atoms with Crippen LogP contribution < -0.4 is 4.74 Å². The highest BCUT2D eigenvalue weighted by Crippen LogP contribution is 2.39. The zero-order valence-electron chi connectivity index (χ0n) is 18.4. The number of aromatic nitrogens is 6. The van der Waals surface area contributed by atoms with Crippen molar-refractivity contribution in [1.82, 2.24) is 29.3 Å². The smallest absolute Gasteiger partial charge is 0.270 e. The number of imidazole rings is 1. The molecule has 0 N–H and O–H groups in total. The van der Waals surface area contributed by atoms with Crippen LogP contribution in [-0.2, 0) is 5.92 Å². The van der Waals surface area contributed by atoms with E-state index in [1.807, 2.05) is 29.8 Å². The van der Waals surface area contributed by atoms with Crippen molar-refractivity contribution < 1.29 is 13.5 Å². The summed E-state index contributed by atoms with van der Waals surface area (Å²) in [5.41, 5.74) is 2.69. The molecule has 1 aliphatic heterocycles. The molecule has 33 heavy (non-hydrogen) atoms. The van der Waals surface area contributed by atoms with Gasteiger partial charge < -0.3 is 9.30 Å². The summed E-state index contributed by atoms with van der Waals surface area (Å²) in [6, 6.07) is 10.3. The second-order valence-corrected chi connectivity index (χ2v) is 8.03. The van der Waals surface area contributed by atoms with Crippen LogP contribution in [0, 0.1) is 6.92 Å². The first-order valence-corrected chi connectivity index (χ1v) is 10.5. The topological polar surface area (TPSA) is 70.7 Å². The molecule has 4 heterocycles. The van der Waals surface area contributed by atoms with Gasteiger partial charge in [-0.25, -0.2) is 28.4 Å². The van der Waals surface area contributed by atoms with Gasteiger partial charge in [0, 0.05) is 30.8 Å². The SMILES string of the molecule is COc1nc(-c2nc3n(n2)C=CC[C@@H]3c2ccccc2C(C)(F)F)ccc1-n1cnc(C)c1. The van der Waals surface area contributed by atoms with Crippen molar-refractivity contribution in [2.45, 2.75) is 32.1 Å². The van der Waals surface area contributed by atoms with Gasteiger partial charge in [0.15, 0.2) is 0 Å². The number of alkyl halides is 2. The van der Waals surface area contributed by atoms with Crippen LogP contribution in [-0.4, -0.2) is 36.4 Å². The van der Waals surface area contributed by atoms with Gasteiger partial charge in [-0.3, -0.25) is 0 Å². The van der Waals surface area contributed by atoms with E-state index in [9.17, 15) is 8.78 Å². The second kappa shape index (κ2) is 7.91. The van der Waals surface area contributed by atoms with Gasteiger partial charge in [-0.15, -0.1) is 5.10 Å². The van der Waals surface area contributed by atoms with E-state index in [1.165, 1.54) is 6.07 Å². The Balaban J connectivity index is 1.55. The fraction of sp³-hybridized carbons (Fsp3) is 0.250. The number of aryl methyl sites for hydroxylation is 1. The Bertz CT molecular complexity index is 1350. The van der Waals surface area contributed by atoms with Crippen molar-refractivity contribution >= 4 is 6.20 Å². The van der Waals surface area contributed by atoms with Crippen LogP contribution in [0.1, 0.15) is 41.9 Å². The average Bonchev–Trinajstić information content (AvgIpc) is 3.44. The molecular formula is C24H22F2N6O. The normalized spacial score (nSPS) is 15.5. The van der Waals surface area contributed by atoms with Crippen molar-refractivity contribution in [2.75, 3.05) is 7.11 Å². The Morgan fingerprint density at radius 3 is 2.67 bits per heavy atom. The Labute approximate surface area is 189 Å². The number of pyridine rings is 1. The summed E-state index contributed by atoms with van der Waals surface area (Å²) in [7, 11) is 1.55. The van der Waals surface area contributed by atoms with E-state index in [4.69, 9.17) is 9.72 Å². The molecule has 168 valence electrons. The molecule has 1 aromatic carbocycles. The van der Waals surface area contributed by atoms with Gasteiger partial charge >= 0.3 is 0 Å². The number of benzene rings is 1. The van der Waals surface area contributed by atoms with Crippen LogP contribution in [0.3, 0.4) is 0 Å². The third-order valence-corrected chi connectivity index (χ3v) is 5.65. The molecule has 1 atom stereocenters. The fourth-order valence-electron chi connectivity index (χ4n) is 4.12. The van der Waals surface area contributed by atoms with Crippen molar-refractivity contribution in [3.8, 4) is 23.1 Å². The van der Waals surface area contributed by atoms with E-state index in [-0.39, 0.29) is 11.5 Å². The van der Waals surface area contributed by atoms with Crippen LogP contribution in [0.4, 0.5) is 8.78 Å². The van der Waals surface area contributed by atoms with E-state index in [1.54, 1.807) is 48.6 Å². The molecule has 7 nitrogen and oxygen atoms in total. The van der Waals surface area contributed by atoms with E-state index in [0.29, 0.717) is 35.2 Å². The maximum atomic E-state index is 14.3. The van der Waals surface area contributed by atoms with Crippen molar-refractivity contribution in [2.24, 2.45) is 0 Å². The van der Waals surface area contributed by atoms with Crippen molar-refractivity contribution in [1.29, 1.82) is 0 Å². The molecule has 0 radical (unpaired) electrons. The van der Waals surface area contributed by atoms with Gasteiger partial charge in [0.1, 0.15) is 17.2 Å². The second-order valence-electron chi connectivity index (χ2n) is 8.03. The Hall–Kier alpha value is -3.88. The summed E-state index contributed by atoms with van der Waals surface area (Å²) in [4.78, 5) is 13.5. The predicted molar refractivity (Wildman–Crippen MR) is 119 cm³/mol. The third kappa shape index (κ3) is 3.79. The molecule has 0 aliphatic carbocycles. The van der Waals surface area contributed by atoms with Crippen molar-refractivity contribution in [3.63, 3.8) is 0 Å². The standard InChI is InChI=1S/C24H22F2N6O/c1-15-13-31(14-27-15)20-11-10-19(28-23(20)33-3)21-29-22-17(8-6-12-32(22)30-21)16-7-4-5-9-18(16)24(2,25)26/h4-7,9-14,17H,8H2,1-3H3/t17-/m1/s1. The van der Waals surface area contributed by atoms with Crippen molar-refractivity contribution in [3.05, 3.63) is 77.6 Å². The molecule has 1 aliphatic rings. The molecule has 4 aromatic rings. The Morgan fingerprint density at radius 1 is 1.12 bits per heavy atom. The first-order valence-electron chi connectivity index (χ1n) is 10.5. The third-order valence-electron chi connectivity index (χ3n) is 5.65. The minimum Gasteiger partial charge on any atom is -0.479 e. The highest BCUT2D eigenvalue weighted by Gasteiger charge is 2.33. The lowest BCUT2D eigenvalue weighted by Crippen LogP contribution is -2.17. The number of ether oxygens (including phenoxy) is 1. The summed E-state index contributed by atoms with van der Waals surface area (Å²) in [6.45, 7) is 2.82. The Kier molecular flexibility index (Phi) is 5.03. The molecule has 0 bridgehead atoms. The number of methoxy groups -OCH3 is 1. The zero-order chi connectivity index (χ0) is 23.2. The first kappa shape index (κ1) is 21.0. The largest absolute Gasteiger partial charge is 0.479 e. The van der Waals surface area contributed by atoms with E-state index in [0.717, 1.165) is 18.3 Å². The molecule has 9 heteroatoms. The fourth-order valence-corrected chi connectivity index (χ4v) is 4.12. The monoisotopic (exact) mass is 448 g/mol. The predicted octanol–water partition coefficient (Wildman–Crippen LogP) is 4.96. The number of fused-ring (bicyclic) bond motifs is 1. The molecule has 3 aromatic heterocycles. The summed E-state index contributed by atoms with van der Waals surface area (Å²) in [5, 5.41) is 4.56. The number of nitrogens with zero attached hydrogens (tertiary/aromatic N) is 6. The molecular weight excluding hydrogens is 426 g/mol. The highest BCUT2D eigenvalue weighted by molar-refractivity contribution is 5.56. The van der Waals surface area contributed by atoms with Gasteiger partial charge in [0.25, 0.3) is 5.92 Å². The molecule has 0 spiro atoms. The molecule has 5 rings (SSSR count). The lowest BCUT2D eigenvalue weighted by atomic mass is 9.88. The molecule has 0 saturated heterocycles. The molecule has 0 amide bonds. The van der Waals surface area contributed by atoms with E-state index in [2.05, 4.69) is 15.1 Å². The first-order chi connectivity index (χ1) is 15.8. The maximum Gasteiger partial charge on any atom is 0.270 e. The quantitative estimate of drug-likeness (QED) is 0.432. The summed E-state index contributed by atoms with van der Waals surface area (Å²) in [5.74, 6) is -1.90. The van der Waals surface area contributed by atoms with E-state index < -0.39 is 5.92 Å². The summed E-state index contributed by atoms with van der Waals surface area (Å²) < 4.78 is 37.5. The maximum absolute atomic E-state index is 14.3. The highest BCUT2D eigenvalue weighted by atomic mass is 19.3. The van der Waals surface area contributed by atoms with E-state index >= 15 is 0 Å². The van der Waals surface area contributed by atoms with Gasteiger partial charge in [0.2, 0.25) is 11.7 Å². The van der Waals surface area contributed by atoms with Crippen LogP contribution >= 0.6 is 0 Å². The van der Waals surface area contributed by atoms with Crippen LogP contribution in [0.2, 0.25) is 0 Å². The average molecular weight is 448 g/mol. The Morgan fingerprint density at radius 2 is 1.94 bits per heavy atom. The van der Waals surface area contributed by atoms with Crippen LogP contribution in [0.5, 0.6) is 5.88 Å². The van der Waals surface area contributed by atoms with Gasteiger partial charge in [0.05, 0.1) is 19.1 Å². The zero-order valence-corrected chi connectivity index (χ0v) is 18.4. The number of hydrogen-bond acceptors (Lipinski definition) is 5. The minimum atomic E-state index is -2.96. The lowest BCUT2D eigenvalue weighted by molar-refractivity contribution is 0.0163. The van der Waals surface area contributed by atoms with Gasteiger partial charge in [-0.1, -0.05) is 30.3 Å². The number of halogens is 2. The number of allylic oxidation sites excluding steroid dienone is 1. The number of rotatable bonds is 5. The molecule has 0 unspecified atom stereocenters. The lowest BCUT2D eigenvalue weighted by Gasteiger charge is -2.23. The minimum absolute atomic E-state index is 0.00109. The van der Waals surface area contributed by atoms with Crippen LogP contribution in [0.25, 0.3) is 23.4 Å².